The summed E-state index contributed by atoms with van der Waals surface area (Å²) < 4.78 is 37.7. The number of rotatable bonds is 0. The van der Waals surface area contributed by atoms with Gasteiger partial charge in [0.2, 0.25) is 8.01 Å². The first kappa shape index (κ1) is 17.2. The fourth-order valence-electron chi connectivity index (χ4n) is 3.50. The van der Waals surface area contributed by atoms with Gasteiger partial charge in [0.25, 0.3) is 0 Å². The topological polar surface area (TPSA) is 63.2 Å². The molecule has 3 atom stereocenters. The van der Waals surface area contributed by atoms with Crippen LogP contribution in [0.15, 0.2) is 25.0 Å². The molecule has 6 nitrogen and oxygen atoms in total. The molecule has 0 bridgehead atoms. The van der Waals surface area contributed by atoms with Crippen molar-refractivity contribution in [3.8, 4) is 11.5 Å². The average Bonchev–Trinajstić information content (AvgIpc) is 2.79. The minimum absolute atomic E-state index is 0.200. The molecular weight excluding hydrogens is 491 g/mol. The van der Waals surface area contributed by atoms with Crippen molar-refractivity contribution in [1.82, 2.24) is 0 Å². The maximum absolute atomic E-state index is 6.16. The molecule has 0 amide bonds. The van der Waals surface area contributed by atoms with Crippen molar-refractivity contribution in [1.29, 1.82) is 0 Å². The lowest BCUT2D eigenvalue weighted by Gasteiger charge is -2.34. The Morgan fingerprint density at radius 2 is 1.85 bits per heavy atom. The molecule has 0 spiro atoms. The van der Waals surface area contributed by atoms with Crippen molar-refractivity contribution >= 4 is 55.3 Å². The van der Waals surface area contributed by atoms with Crippen LogP contribution in [0.5, 0.6) is 11.5 Å². The van der Waals surface area contributed by atoms with Crippen molar-refractivity contribution in [2.75, 3.05) is 26.4 Å². The van der Waals surface area contributed by atoms with E-state index >= 15 is 0 Å². The lowest BCUT2D eigenvalue weighted by atomic mass is 9.93. The highest BCUT2D eigenvalue weighted by molar-refractivity contribution is 9.15. The summed E-state index contributed by atoms with van der Waals surface area (Å²) in [5.41, 5.74) is 1.55. The second kappa shape index (κ2) is 6.60. The van der Waals surface area contributed by atoms with Crippen LogP contribution in [0.4, 0.5) is 0 Å². The van der Waals surface area contributed by atoms with Gasteiger partial charge in [-0.2, -0.15) is 0 Å². The van der Waals surface area contributed by atoms with E-state index in [0.717, 1.165) is 19.9 Å². The molecule has 3 unspecified atom stereocenters. The summed E-state index contributed by atoms with van der Waals surface area (Å²) >= 11 is 7.25. The standard InChI is InChI=1S/C17H15Br2O6P/c1-26-24-14-8(18)6-10-16(22-4-2-20-10)12(14)13-15(25-26)9(19)7-11-17(13)23-5-3-21-11/h6-7,10,16H,2-5H2,1H3. The van der Waals surface area contributed by atoms with Gasteiger partial charge in [-0.05, 0) is 37.9 Å². The molecule has 2 aromatic rings. The normalized spacial score (nSPS) is 24.6. The van der Waals surface area contributed by atoms with Crippen molar-refractivity contribution in [2.24, 2.45) is 6.66 Å². The highest BCUT2D eigenvalue weighted by atomic mass is 79.9. The van der Waals surface area contributed by atoms with Gasteiger partial charge in [-0.1, -0.05) is 0 Å². The van der Waals surface area contributed by atoms with Crippen LogP contribution in [0, 0.1) is 0 Å². The van der Waals surface area contributed by atoms with E-state index in [1.54, 1.807) is 0 Å². The number of hydrogen-bond donors (Lipinski definition) is 0. The van der Waals surface area contributed by atoms with Crippen LogP contribution in [0.3, 0.4) is 0 Å². The van der Waals surface area contributed by atoms with E-state index in [-0.39, 0.29) is 12.2 Å². The van der Waals surface area contributed by atoms with Gasteiger partial charge in [-0.25, -0.2) is 0 Å². The Morgan fingerprint density at radius 1 is 1.04 bits per heavy atom. The highest BCUT2D eigenvalue weighted by Crippen LogP contribution is 2.52. The van der Waals surface area contributed by atoms with Crippen LogP contribution >= 0.6 is 39.9 Å². The molecule has 26 heavy (non-hydrogen) atoms. The molecule has 1 aromatic heterocycles. The SMILES string of the molecule is Cp1oc2c(c3c4c(cc(Br)c3o1)OCCO4)C1OCCOC1C=C2Br. The van der Waals surface area contributed by atoms with Crippen molar-refractivity contribution < 1.29 is 27.3 Å². The molecule has 3 aliphatic rings. The van der Waals surface area contributed by atoms with E-state index in [1.807, 2.05) is 18.8 Å². The van der Waals surface area contributed by atoms with Gasteiger partial charge in [0, 0.05) is 18.3 Å². The van der Waals surface area contributed by atoms with Crippen LogP contribution < -0.4 is 9.47 Å². The van der Waals surface area contributed by atoms with Crippen LogP contribution in [-0.2, 0) is 16.1 Å². The minimum atomic E-state index is -1.18. The Morgan fingerprint density at radius 3 is 2.73 bits per heavy atom. The average molecular weight is 506 g/mol. The Hall–Kier alpha value is -0.920. The van der Waals surface area contributed by atoms with Crippen LogP contribution in [0.25, 0.3) is 15.5 Å². The molecule has 0 radical (unpaired) electrons. The summed E-state index contributed by atoms with van der Waals surface area (Å²) in [7, 11) is -1.18. The summed E-state index contributed by atoms with van der Waals surface area (Å²) in [6, 6.07) is 1.88. The van der Waals surface area contributed by atoms with Crippen molar-refractivity contribution in [3.63, 3.8) is 0 Å². The summed E-state index contributed by atoms with van der Waals surface area (Å²) in [6.45, 7) is 3.99. The zero-order valence-corrected chi connectivity index (χ0v) is 17.9. The van der Waals surface area contributed by atoms with Gasteiger partial charge < -0.3 is 27.3 Å². The fourth-order valence-corrected chi connectivity index (χ4v) is 5.73. The molecular formula is C17H15Br2O6P. The summed E-state index contributed by atoms with van der Waals surface area (Å²) in [5, 5.41) is 0.807. The number of fused-ring (bicyclic) bond motifs is 7. The Kier molecular flexibility index (Phi) is 4.37. The molecule has 1 aromatic carbocycles. The summed E-state index contributed by atoms with van der Waals surface area (Å²) in [4.78, 5) is 0. The van der Waals surface area contributed by atoms with Gasteiger partial charge >= 0.3 is 0 Å². The molecule has 0 N–H and O–H groups in total. The van der Waals surface area contributed by atoms with Crippen molar-refractivity contribution in [2.45, 2.75) is 12.2 Å². The maximum atomic E-state index is 6.16. The van der Waals surface area contributed by atoms with E-state index < -0.39 is 8.01 Å². The molecule has 2 aliphatic heterocycles. The molecule has 9 heteroatoms. The number of halogens is 2. The number of benzene rings is 1. The quantitative estimate of drug-likeness (QED) is 0.477. The summed E-state index contributed by atoms with van der Waals surface area (Å²) in [6.07, 6.45) is 1.49. The van der Waals surface area contributed by atoms with E-state index in [2.05, 4.69) is 31.9 Å². The predicted molar refractivity (Wildman–Crippen MR) is 104 cm³/mol. The minimum Gasteiger partial charge on any atom is -0.486 e. The smallest absolute Gasteiger partial charge is 0.213 e. The molecule has 1 aliphatic carbocycles. The van der Waals surface area contributed by atoms with Gasteiger partial charge in [0.05, 0.1) is 27.6 Å². The Labute approximate surface area is 167 Å². The van der Waals surface area contributed by atoms with Gasteiger partial charge in [-0.3, -0.25) is 0 Å². The second-order valence-electron chi connectivity index (χ2n) is 6.09. The van der Waals surface area contributed by atoms with Gasteiger partial charge in [-0.15, -0.1) is 0 Å². The number of aryl methyl sites for hydroxylation is 1. The monoisotopic (exact) mass is 504 g/mol. The zero-order chi connectivity index (χ0) is 17.8. The highest BCUT2D eigenvalue weighted by Gasteiger charge is 2.38. The van der Waals surface area contributed by atoms with Gasteiger partial charge in [0.15, 0.2) is 22.8 Å². The predicted octanol–water partition coefficient (Wildman–Crippen LogP) is 5.41. The van der Waals surface area contributed by atoms with E-state index in [1.165, 1.54) is 0 Å². The third-order valence-electron chi connectivity index (χ3n) is 4.50. The Balaban J connectivity index is 1.95. The van der Waals surface area contributed by atoms with Crippen LogP contribution in [0.1, 0.15) is 17.4 Å². The molecule has 5 rings (SSSR count). The van der Waals surface area contributed by atoms with E-state index in [4.69, 9.17) is 27.3 Å². The first-order valence-corrected chi connectivity index (χ1v) is 11.4. The molecule has 1 saturated heterocycles. The van der Waals surface area contributed by atoms with Gasteiger partial charge in [0.1, 0.15) is 25.4 Å². The van der Waals surface area contributed by atoms with Crippen molar-refractivity contribution in [3.05, 3.63) is 27.9 Å². The van der Waals surface area contributed by atoms with Crippen LogP contribution in [-0.4, -0.2) is 32.5 Å². The molecule has 138 valence electrons. The third-order valence-corrected chi connectivity index (χ3v) is 6.59. The summed E-state index contributed by atoms with van der Waals surface area (Å²) in [5.74, 6) is 2.04. The lowest BCUT2D eigenvalue weighted by molar-refractivity contribution is -0.124. The number of hydrogen-bond acceptors (Lipinski definition) is 6. The maximum Gasteiger partial charge on any atom is 0.213 e. The fraction of sp³-hybridized carbons (Fsp3) is 0.412. The third kappa shape index (κ3) is 2.66. The first-order valence-electron chi connectivity index (χ1n) is 8.20. The lowest BCUT2D eigenvalue weighted by Crippen LogP contribution is -2.33. The first-order chi connectivity index (χ1) is 12.6. The molecule has 0 saturated carbocycles. The van der Waals surface area contributed by atoms with Crippen LogP contribution in [0.2, 0.25) is 0 Å². The largest absolute Gasteiger partial charge is 0.486 e. The van der Waals surface area contributed by atoms with E-state index in [0.29, 0.717) is 49.3 Å². The zero-order valence-electron chi connectivity index (χ0n) is 13.8. The van der Waals surface area contributed by atoms with E-state index in [9.17, 15) is 0 Å². The number of ether oxygens (including phenoxy) is 4. The molecule has 3 heterocycles. The second-order valence-corrected chi connectivity index (χ2v) is 9.05. The Bertz CT molecular complexity index is 970. The molecule has 1 fully saturated rings.